The minimum absolute atomic E-state index is 0.00164. The zero-order valence-corrected chi connectivity index (χ0v) is 16.6. The summed E-state index contributed by atoms with van der Waals surface area (Å²) in [6.45, 7) is 3.37. The Hall–Kier alpha value is -1.05. The molecule has 3 nitrogen and oxygen atoms in total. The monoisotopic (exact) mass is 422 g/mol. The Morgan fingerprint density at radius 2 is 1.52 bits per heavy atom. The van der Waals surface area contributed by atoms with Crippen molar-refractivity contribution < 1.29 is 36.6 Å². The highest BCUT2D eigenvalue weighted by molar-refractivity contribution is 6.38. The van der Waals surface area contributed by atoms with Crippen molar-refractivity contribution in [3.05, 3.63) is 0 Å². The van der Waals surface area contributed by atoms with Crippen LogP contribution in [0.1, 0.15) is 65.2 Å². The van der Waals surface area contributed by atoms with E-state index in [1.807, 2.05) is 6.92 Å². The van der Waals surface area contributed by atoms with Gasteiger partial charge in [0.05, 0.1) is 0 Å². The minimum atomic E-state index is -5.81. The molecule has 0 aliphatic heterocycles. The lowest BCUT2D eigenvalue weighted by atomic mass is 9.44. The average Bonchev–Trinajstić information content (AvgIpc) is 2.88. The zero-order valence-electron chi connectivity index (χ0n) is 16.6. The predicted octanol–water partition coefficient (Wildman–Crippen LogP) is 4.71. The van der Waals surface area contributed by atoms with E-state index in [1.165, 1.54) is 6.92 Å². The SMILES string of the molecule is C[C@]12CCC3C(CC[C@@H]4CC(=O)C(=O)C[C@]34C)C1CC[C@@]2(O)C(F)(F)C(F)(F)F. The van der Waals surface area contributed by atoms with Gasteiger partial charge in [0.25, 0.3) is 0 Å². The van der Waals surface area contributed by atoms with Crippen molar-refractivity contribution in [2.24, 2.45) is 34.5 Å². The van der Waals surface area contributed by atoms with Crippen LogP contribution in [0.2, 0.25) is 0 Å². The molecule has 0 aromatic heterocycles. The van der Waals surface area contributed by atoms with Crippen molar-refractivity contribution in [3.8, 4) is 0 Å². The third-order valence-corrected chi connectivity index (χ3v) is 9.38. The second-order valence-corrected chi connectivity index (χ2v) is 10.3. The molecule has 4 rings (SSSR count). The highest BCUT2D eigenvalue weighted by Gasteiger charge is 2.79. The molecule has 0 bridgehead atoms. The number of fused-ring (bicyclic) bond motifs is 5. The molecular weight excluding hydrogens is 395 g/mol. The largest absolute Gasteiger partial charge is 0.456 e. The molecule has 4 aliphatic rings. The summed E-state index contributed by atoms with van der Waals surface area (Å²) in [4.78, 5) is 24.1. The maximum absolute atomic E-state index is 14.4. The summed E-state index contributed by atoms with van der Waals surface area (Å²) in [5.41, 5.74) is -5.09. The van der Waals surface area contributed by atoms with Gasteiger partial charge in [0, 0.05) is 18.3 Å². The van der Waals surface area contributed by atoms with E-state index in [2.05, 4.69) is 0 Å². The predicted molar refractivity (Wildman–Crippen MR) is 93.1 cm³/mol. The maximum Gasteiger partial charge on any atom is 0.456 e. The maximum atomic E-state index is 14.4. The number of hydrogen-bond donors (Lipinski definition) is 1. The van der Waals surface area contributed by atoms with Gasteiger partial charge in [-0.1, -0.05) is 13.8 Å². The van der Waals surface area contributed by atoms with Crippen LogP contribution in [-0.4, -0.2) is 34.4 Å². The lowest BCUT2D eigenvalue weighted by Crippen LogP contribution is -2.66. The van der Waals surface area contributed by atoms with E-state index in [0.717, 1.165) is 0 Å². The first-order chi connectivity index (χ1) is 13.2. The second kappa shape index (κ2) is 6.01. The van der Waals surface area contributed by atoms with Crippen LogP contribution in [0, 0.1) is 34.5 Å². The van der Waals surface area contributed by atoms with Gasteiger partial charge in [-0.05, 0) is 67.6 Å². The van der Waals surface area contributed by atoms with E-state index in [-0.39, 0.29) is 49.2 Å². The molecule has 29 heavy (non-hydrogen) atoms. The van der Waals surface area contributed by atoms with E-state index in [9.17, 15) is 36.6 Å². The number of aliphatic hydroxyl groups is 1. The Balaban J connectivity index is 1.68. The minimum Gasteiger partial charge on any atom is -0.383 e. The molecule has 7 atom stereocenters. The molecule has 0 aromatic carbocycles. The summed E-state index contributed by atoms with van der Waals surface area (Å²) < 4.78 is 68.4. The number of rotatable bonds is 1. The Kier molecular flexibility index (Phi) is 4.39. The quantitative estimate of drug-likeness (QED) is 0.492. The van der Waals surface area contributed by atoms with Crippen LogP contribution in [0.4, 0.5) is 22.0 Å². The van der Waals surface area contributed by atoms with Crippen LogP contribution >= 0.6 is 0 Å². The summed E-state index contributed by atoms with van der Waals surface area (Å²) in [6, 6.07) is 0. The Morgan fingerprint density at radius 3 is 2.14 bits per heavy atom. The molecule has 4 fully saturated rings. The van der Waals surface area contributed by atoms with Crippen molar-refractivity contribution in [1.29, 1.82) is 0 Å². The van der Waals surface area contributed by atoms with E-state index in [4.69, 9.17) is 0 Å². The first-order valence-corrected chi connectivity index (χ1v) is 10.4. The highest BCUT2D eigenvalue weighted by Crippen LogP contribution is 2.71. The van der Waals surface area contributed by atoms with Crippen LogP contribution in [0.25, 0.3) is 0 Å². The van der Waals surface area contributed by atoms with Crippen LogP contribution in [0.5, 0.6) is 0 Å². The first-order valence-electron chi connectivity index (χ1n) is 10.4. The van der Waals surface area contributed by atoms with Crippen molar-refractivity contribution >= 4 is 11.6 Å². The molecule has 0 spiro atoms. The second-order valence-electron chi connectivity index (χ2n) is 10.3. The Labute approximate surface area is 166 Å². The van der Waals surface area contributed by atoms with Crippen molar-refractivity contribution in [3.63, 3.8) is 0 Å². The van der Waals surface area contributed by atoms with Crippen LogP contribution < -0.4 is 0 Å². The van der Waals surface area contributed by atoms with Gasteiger partial charge in [-0.15, -0.1) is 0 Å². The standard InChI is InChI=1S/C21H27F5O3/c1-17-10-16(28)15(27)9-11(17)3-4-12-13(17)5-7-18(2)14(12)6-8-19(18,29)20(22,23)21(24,25)26/h11-14,29H,3-10H2,1-2H3/t11-,12?,13?,14?,17+,18+,19+/m1/s1. The molecule has 4 saturated carbocycles. The van der Waals surface area contributed by atoms with Crippen molar-refractivity contribution in [2.45, 2.75) is 82.9 Å². The number of ketones is 2. The summed E-state index contributed by atoms with van der Waals surface area (Å²) >= 11 is 0. The van der Waals surface area contributed by atoms with E-state index in [1.54, 1.807) is 0 Å². The van der Waals surface area contributed by atoms with Crippen LogP contribution in [0.15, 0.2) is 0 Å². The number of halogens is 5. The fourth-order valence-corrected chi connectivity index (χ4v) is 7.69. The van der Waals surface area contributed by atoms with Gasteiger partial charge in [-0.25, -0.2) is 0 Å². The van der Waals surface area contributed by atoms with Crippen molar-refractivity contribution in [2.75, 3.05) is 0 Å². The van der Waals surface area contributed by atoms with E-state index >= 15 is 0 Å². The Morgan fingerprint density at radius 1 is 0.897 bits per heavy atom. The molecule has 0 saturated heterocycles. The number of alkyl halides is 5. The fourth-order valence-electron chi connectivity index (χ4n) is 7.69. The normalized spacial score (nSPS) is 48.1. The molecule has 0 aromatic rings. The number of Topliss-reactive ketones (excluding diaryl/α,β-unsaturated/α-hetero) is 2. The van der Waals surface area contributed by atoms with Crippen LogP contribution in [0.3, 0.4) is 0 Å². The molecule has 1 N–H and O–H groups in total. The van der Waals surface area contributed by atoms with E-state index in [0.29, 0.717) is 19.3 Å². The summed E-state index contributed by atoms with van der Waals surface area (Å²) in [7, 11) is 0. The third-order valence-electron chi connectivity index (χ3n) is 9.38. The zero-order chi connectivity index (χ0) is 21.6. The molecular formula is C21H27F5O3. The summed E-state index contributed by atoms with van der Waals surface area (Å²) in [6.07, 6.45) is -4.18. The third kappa shape index (κ3) is 2.50. The number of carbonyl (C=O) groups is 2. The topological polar surface area (TPSA) is 54.4 Å². The van der Waals surface area contributed by atoms with Gasteiger partial charge < -0.3 is 5.11 Å². The molecule has 0 heterocycles. The molecule has 8 heteroatoms. The highest BCUT2D eigenvalue weighted by atomic mass is 19.4. The molecule has 4 aliphatic carbocycles. The fraction of sp³-hybridized carbons (Fsp3) is 0.905. The molecule has 3 unspecified atom stereocenters. The Bertz CT molecular complexity index is 749. The lowest BCUT2D eigenvalue weighted by Gasteiger charge is -2.61. The number of hydrogen-bond acceptors (Lipinski definition) is 3. The van der Waals surface area contributed by atoms with Gasteiger partial charge in [0.1, 0.15) is 5.60 Å². The molecule has 0 radical (unpaired) electrons. The van der Waals surface area contributed by atoms with Gasteiger partial charge in [-0.2, -0.15) is 22.0 Å². The van der Waals surface area contributed by atoms with E-state index < -0.39 is 46.7 Å². The molecule has 164 valence electrons. The summed E-state index contributed by atoms with van der Waals surface area (Å²) in [5, 5.41) is 10.8. The first kappa shape index (κ1) is 21.2. The summed E-state index contributed by atoms with van der Waals surface area (Å²) in [5.74, 6) is -6.45. The van der Waals surface area contributed by atoms with Crippen LogP contribution in [-0.2, 0) is 9.59 Å². The van der Waals surface area contributed by atoms with Gasteiger partial charge in [0.15, 0.2) is 11.6 Å². The average molecular weight is 422 g/mol. The smallest absolute Gasteiger partial charge is 0.383 e. The van der Waals surface area contributed by atoms with Gasteiger partial charge >= 0.3 is 12.1 Å². The molecule has 0 amide bonds. The lowest BCUT2D eigenvalue weighted by molar-refractivity contribution is -0.364. The van der Waals surface area contributed by atoms with Crippen molar-refractivity contribution in [1.82, 2.24) is 0 Å². The van der Waals surface area contributed by atoms with Gasteiger partial charge in [0.2, 0.25) is 0 Å². The van der Waals surface area contributed by atoms with Gasteiger partial charge in [-0.3, -0.25) is 9.59 Å². The number of carbonyl (C=O) groups excluding carboxylic acids is 2.